The maximum absolute atomic E-state index is 13.4. The molecule has 2 aromatic rings. The summed E-state index contributed by atoms with van der Waals surface area (Å²) in [5.41, 5.74) is 2.00. The van der Waals surface area contributed by atoms with E-state index < -0.39 is 12.0 Å². The van der Waals surface area contributed by atoms with Crippen LogP contribution >= 0.6 is 11.6 Å². The van der Waals surface area contributed by atoms with Crippen molar-refractivity contribution < 1.29 is 9.59 Å². The third kappa shape index (κ3) is 2.41. The molecule has 2 amide bonds. The number of fused-ring (bicyclic) bond motifs is 3. The number of amides is 2. The van der Waals surface area contributed by atoms with Crippen LogP contribution in [0, 0.1) is 17.2 Å². The minimum Gasteiger partial charge on any atom is -0.274 e. The van der Waals surface area contributed by atoms with Gasteiger partial charge in [-0.15, -0.1) is 0 Å². The molecule has 0 aromatic heterocycles. The van der Waals surface area contributed by atoms with E-state index in [9.17, 15) is 9.59 Å². The van der Waals surface area contributed by atoms with Crippen LogP contribution in [0.15, 0.2) is 48.5 Å². The van der Waals surface area contributed by atoms with E-state index in [2.05, 4.69) is 16.1 Å². The standard InChI is InChI=1S/C21H17ClN4O2/c22-15-6-4-14(5-7-15)18-17-19(25-11-1-10-24(18)25)21(28)26(20(17)27)16-8-2-13(12-23)3-9-16/h2-9,17-19H,1,10-11H2/t17-,18-,19+/m0/s1. The van der Waals surface area contributed by atoms with Crippen molar-refractivity contribution >= 4 is 29.1 Å². The average Bonchev–Trinajstić information content (AvgIpc) is 3.35. The summed E-state index contributed by atoms with van der Waals surface area (Å²) in [5.74, 6) is -0.832. The number of nitriles is 1. The van der Waals surface area contributed by atoms with Crippen molar-refractivity contribution in [3.05, 3.63) is 64.7 Å². The zero-order valence-corrected chi connectivity index (χ0v) is 15.7. The molecule has 3 atom stereocenters. The van der Waals surface area contributed by atoms with E-state index in [4.69, 9.17) is 16.9 Å². The van der Waals surface area contributed by atoms with Crippen molar-refractivity contribution in [2.75, 3.05) is 18.0 Å². The Morgan fingerprint density at radius 3 is 2.18 bits per heavy atom. The highest BCUT2D eigenvalue weighted by atomic mass is 35.5. The largest absolute Gasteiger partial charge is 0.274 e. The Morgan fingerprint density at radius 2 is 1.54 bits per heavy atom. The van der Waals surface area contributed by atoms with E-state index in [0.717, 1.165) is 25.1 Å². The van der Waals surface area contributed by atoms with Crippen molar-refractivity contribution in [3.63, 3.8) is 0 Å². The van der Waals surface area contributed by atoms with Gasteiger partial charge in [-0.3, -0.25) is 9.59 Å². The normalized spacial score (nSPS) is 27.1. The quantitative estimate of drug-likeness (QED) is 0.735. The highest BCUT2D eigenvalue weighted by molar-refractivity contribution is 6.30. The molecular weight excluding hydrogens is 376 g/mol. The lowest BCUT2D eigenvalue weighted by Crippen LogP contribution is -2.44. The molecule has 2 aromatic carbocycles. The number of carbonyl (C=O) groups excluding carboxylic acids is 2. The van der Waals surface area contributed by atoms with Crippen LogP contribution in [0.3, 0.4) is 0 Å². The first-order chi connectivity index (χ1) is 13.6. The fourth-order valence-corrected chi connectivity index (χ4v) is 4.84. The first-order valence-electron chi connectivity index (χ1n) is 9.27. The minimum atomic E-state index is -0.480. The van der Waals surface area contributed by atoms with Gasteiger partial charge in [0.05, 0.1) is 29.3 Å². The number of anilines is 1. The van der Waals surface area contributed by atoms with Crippen LogP contribution < -0.4 is 4.90 Å². The molecule has 6 nitrogen and oxygen atoms in total. The molecule has 0 unspecified atom stereocenters. The summed E-state index contributed by atoms with van der Waals surface area (Å²) in [6.45, 7) is 1.60. The smallest absolute Gasteiger partial charge is 0.253 e. The van der Waals surface area contributed by atoms with Gasteiger partial charge < -0.3 is 0 Å². The van der Waals surface area contributed by atoms with Crippen molar-refractivity contribution in [1.29, 1.82) is 5.26 Å². The van der Waals surface area contributed by atoms with Crippen molar-refractivity contribution in [1.82, 2.24) is 10.0 Å². The molecule has 5 rings (SSSR count). The van der Waals surface area contributed by atoms with Crippen LogP contribution in [0.5, 0.6) is 0 Å². The number of rotatable bonds is 2. The van der Waals surface area contributed by atoms with Gasteiger partial charge in [0.2, 0.25) is 5.91 Å². The van der Waals surface area contributed by atoms with E-state index in [1.54, 1.807) is 24.3 Å². The minimum absolute atomic E-state index is 0.176. The highest BCUT2D eigenvalue weighted by Crippen LogP contribution is 2.48. The number of nitrogens with zero attached hydrogens (tertiary/aromatic N) is 4. The summed E-state index contributed by atoms with van der Waals surface area (Å²) in [6, 6.07) is 15.5. The van der Waals surface area contributed by atoms with Gasteiger partial charge in [0.15, 0.2) is 0 Å². The summed E-state index contributed by atoms with van der Waals surface area (Å²) in [6.07, 6.45) is 0.964. The second-order valence-electron chi connectivity index (χ2n) is 7.32. The third-order valence-corrected chi connectivity index (χ3v) is 6.12. The van der Waals surface area contributed by atoms with Gasteiger partial charge >= 0.3 is 0 Å². The maximum atomic E-state index is 13.4. The third-order valence-electron chi connectivity index (χ3n) is 5.87. The fraction of sp³-hybridized carbons (Fsp3) is 0.286. The molecule has 3 saturated heterocycles. The molecule has 3 aliphatic rings. The lowest BCUT2D eigenvalue weighted by atomic mass is 9.90. The van der Waals surface area contributed by atoms with Gasteiger partial charge in [0, 0.05) is 18.1 Å². The van der Waals surface area contributed by atoms with Crippen LogP contribution in [0.2, 0.25) is 5.02 Å². The Labute approximate surface area is 167 Å². The van der Waals surface area contributed by atoms with Gasteiger partial charge in [0.1, 0.15) is 6.04 Å². The second-order valence-corrected chi connectivity index (χ2v) is 7.75. The lowest BCUT2D eigenvalue weighted by molar-refractivity contribution is -0.126. The second kappa shape index (κ2) is 6.42. The number of carbonyl (C=O) groups is 2. The Hall–Kier alpha value is -2.72. The van der Waals surface area contributed by atoms with Gasteiger partial charge in [0.25, 0.3) is 5.91 Å². The summed E-state index contributed by atoms with van der Waals surface area (Å²) in [5, 5.41) is 13.9. The van der Waals surface area contributed by atoms with E-state index in [1.807, 2.05) is 24.3 Å². The Kier molecular flexibility index (Phi) is 3.98. The number of halogens is 1. The highest BCUT2D eigenvalue weighted by Gasteiger charge is 2.62. The van der Waals surface area contributed by atoms with Gasteiger partial charge in [-0.25, -0.2) is 14.9 Å². The zero-order chi connectivity index (χ0) is 19.4. The monoisotopic (exact) mass is 392 g/mol. The molecule has 3 fully saturated rings. The van der Waals surface area contributed by atoms with E-state index in [-0.39, 0.29) is 17.9 Å². The Balaban J connectivity index is 1.56. The van der Waals surface area contributed by atoms with Crippen LogP contribution in [-0.4, -0.2) is 41.0 Å². The van der Waals surface area contributed by atoms with Crippen molar-refractivity contribution in [3.8, 4) is 6.07 Å². The van der Waals surface area contributed by atoms with Crippen molar-refractivity contribution in [2.24, 2.45) is 5.92 Å². The Morgan fingerprint density at radius 1 is 0.893 bits per heavy atom. The molecule has 0 aliphatic carbocycles. The number of hydrazine groups is 1. The van der Waals surface area contributed by atoms with E-state index in [1.165, 1.54) is 4.90 Å². The molecule has 0 saturated carbocycles. The summed E-state index contributed by atoms with van der Waals surface area (Å²) < 4.78 is 0. The van der Waals surface area contributed by atoms with Gasteiger partial charge in [-0.05, 0) is 48.4 Å². The number of hydrogen-bond donors (Lipinski definition) is 0. The van der Waals surface area contributed by atoms with Crippen LogP contribution in [0.25, 0.3) is 0 Å². The molecule has 140 valence electrons. The SMILES string of the molecule is N#Cc1ccc(N2C(=O)[C@@H]3[C@H](C2=O)N2CCCN2[C@H]3c2ccc(Cl)cc2)cc1. The Bertz CT molecular complexity index is 999. The van der Waals surface area contributed by atoms with Crippen LogP contribution in [0.4, 0.5) is 5.69 Å². The van der Waals surface area contributed by atoms with Crippen LogP contribution in [-0.2, 0) is 9.59 Å². The predicted octanol–water partition coefficient (Wildman–Crippen LogP) is 2.75. The lowest BCUT2D eigenvalue weighted by Gasteiger charge is -2.29. The zero-order valence-electron chi connectivity index (χ0n) is 15.0. The molecule has 28 heavy (non-hydrogen) atoms. The molecule has 3 aliphatic heterocycles. The predicted molar refractivity (Wildman–Crippen MR) is 103 cm³/mol. The fourth-order valence-electron chi connectivity index (χ4n) is 4.71. The summed E-state index contributed by atoms with van der Waals surface area (Å²) >= 11 is 6.04. The van der Waals surface area contributed by atoms with Crippen LogP contribution in [0.1, 0.15) is 23.6 Å². The molecule has 0 radical (unpaired) electrons. The molecule has 0 bridgehead atoms. The topological polar surface area (TPSA) is 67.6 Å². The first-order valence-corrected chi connectivity index (χ1v) is 9.64. The van der Waals surface area contributed by atoms with Gasteiger partial charge in [-0.1, -0.05) is 23.7 Å². The summed E-state index contributed by atoms with van der Waals surface area (Å²) in [4.78, 5) is 28.0. The molecule has 0 spiro atoms. The first kappa shape index (κ1) is 17.4. The van der Waals surface area contributed by atoms with Crippen molar-refractivity contribution in [2.45, 2.75) is 18.5 Å². The van der Waals surface area contributed by atoms with E-state index in [0.29, 0.717) is 16.3 Å². The maximum Gasteiger partial charge on any atom is 0.253 e. The number of benzene rings is 2. The summed E-state index contributed by atoms with van der Waals surface area (Å²) in [7, 11) is 0. The molecular formula is C21H17ClN4O2. The van der Waals surface area contributed by atoms with Gasteiger partial charge in [-0.2, -0.15) is 5.26 Å². The van der Waals surface area contributed by atoms with E-state index >= 15 is 0 Å². The average molecular weight is 393 g/mol. The molecule has 7 heteroatoms. The molecule has 0 N–H and O–H groups in total. The molecule has 3 heterocycles. The number of hydrogen-bond acceptors (Lipinski definition) is 5. The number of imide groups is 1.